The molecule has 1 aromatic carbocycles. The van der Waals surface area contributed by atoms with Crippen LogP contribution in [0.2, 0.25) is 0 Å². The number of imidazole rings is 1. The monoisotopic (exact) mass is 260 g/mol. The second-order valence-corrected chi connectivity index (χ2v) is 4.12. The Morgan fingerprint density at radius 3 is 2.89 bits per heavy atom. The number of hydrogen-bond donors (Lipinski definition) is 1. The van der Waals surface area contributed by atoms with Gasteiger partial charge in [-0.15, -0.1) is 0 Å². The highest BCUT2D eigenvalue weighted by Gasteiger charge is 2.05. The summed E-state index contributed by atoms with van der Waals surface area (Å²) in [5.74, 6) is -0.603. The second kappa shape index (κ2) is 5.48. The zero-order chi connectivity index (χ0) is 13.8. The summed E-state index contributed by atoms with van der Waals surface area (Å²) in [6.45, 7) is 2.25. The third-order valence-electron chi connectivity index (χ3n) is 2.76. The highest BCUT2D eigenvalue weighted by molar-refractivity contribution is 5.85. The first-order chi connectivity index (χ1) is 9.06. The highest BCUT2D eigenvalue weighted by atomic mass is 19.1. The Bertz CT molecular complexity index is 632. The Morgan fingerprint density at radius 2 is 2.32 bits per heavy atom. The van der Waals surface area contributed by atoms with Crippen LogP contribution in [0.15, 0.2) is 36.7 Å². The number of aromatic nitrogens is 2. The minimum atomic E-state index is -1.06. The summed E-state index contributed by atoms with van der Waals surface area (Å²) in [6, 6.07) is 4.65. The van der Waals surface area contributed by atoms with Crippen molar-refractivity contribution < 1.29 is 14.3 Å². The number of nitrogens with zero attached hydrogens (tertiary/aromatic N) is 2. The zero-order valence-corrected chi connectivity index (χ0v) is 10.4. The molecule has 19 heavy (non-hydrogen) atoms. The molecule has 0 unspecified atom stereocenters. The van der Waals surface area contributed by atoms with Crippen molar-refractivity contribution in [3.05, 3.63) is 59.4 Å². The van der Waals surface area contributed by atoms with Crippen molar-refractivity contribution in [3.63, 3.8) is 0 Å². The number of hydrogen-bond acceptors (Lipinski definition) is 2. The van der Waals surface area contributed by atoms with E-state index in [0.29, 0.717) is 17.7 Å². The van der Waals surface area contributed by atoms with Gasteiger partial charge in [-0.1, -0.05) is 12.1 Å². The van der Waals surface area contributed by atoms with E-state index in [1.54, 1.807) is 24.5 Å². The van der Waals surface area contributed by atoms with Gasteiger partial charge < -0.3 is 9.67 Å². The molecule has 0 saturated heterocycles. The molecule has 0 aliphatic carbocycles. The van der Waals surface area contributed by atoms with Gasteiger partial charge in [-0.3, -0.25) is 0 Å². The van der Waals surface area contributed by atoms with Crippen LogP contribution < -0.4 is 0 Å². The molecular formula is C14H13FN2O2. The van der Waals surface area contributed by atoms with Gasteiger partial charge in [0.2, 0.25) is 0 Å². The van der Waals surface area contributed by atoms with Crippen LogP contribution >= 0.6 is 0 Å². The quantitative estimate of drug-likeness (QED) is 0.859. The first kappa shape index (κ1) is 13.0. The van der Waals surface area contributed by atoms with E-state index in [1.165, 1.54) is 12.1 Å². The van der Waals surface area contributed by atoms with Gasteiger partial charge in [0.1, 0.15) is 11.6 Å². The molecule has 0 saturated carbocycles. The van der Waals surface area contributed by atoms with Crippen LogP contribution in [0.3, 0.4) is 0 Å². The third kappa shape index (κ3) is 3.28. The number of rotatable bonds is 4. The van der Waals surface area contributed by atoms with Gasteiger partial charge in [0, 0.05) is 24.0 Å². The summed E-state index contributed by atoms with van der Waals surface area (Å²) < 4.78 is 15.7. The summed E-state index contributed by atoms with van der Waals surface area (Å²) in [4.78, 5) is 14.5. The lowest BCUT2D eigenvalue weighted by molar-refractivity contribution is -0.131. The highest BCUT2D eigenvalue weighted by Crippen LogP contribution is 2.14. The maximum Gasteiger partial charge on any atom is 0.328 e. The van der Waals surface area contributed by atoms with Crippen LogP contribution in [0.4, 0.5) is 4.39 Å². The minimum absolute atomic E-state index is 0.361. The molecule has 1 N–H and O–H groups in total. The number of halogens is 1. The molecule has 0 aliphatic rings. The largest absolute Gasteiger partial charge is 0.478 e. The van der Waals surface area contributed by atoms with E-state index < -0.39 is 5.97 Å². The van der Waals surface area contributed by atoms with Crippen molar-refractivity contribution in [1.29, 1.82) is 0 Å². The average molecular weight is 260 g/mol. The molecule has 4 nitrogen and oxygen atoms in total. The Labute approximate surface area is 109 Å². The summed E-state index contributed by atoms with van der Waals surface area (Å²) in [5, 5.41) is 8.51. The Balaban J connectivity index is 2.20. The SMILES string of the molecule is Cc1nccn1Cc1ccc(C=CC(=O)O)cc1F. The second-order valence-electron chi connectivity index (χ2n) is 4.12. The van der Waals surface area contributed by atoms with Crippen molar-refractivity contribution in [2.75, 3.05) is 0 Å². The Morgan fingerprint density at radius 1 is 1.53 bits per heavy atom. The molecule has 0 amide bonds. The summed E-state index contributed by atoms with van der Waals surface area (Å²) in [6.07, 6.45) is 5.79. The smallest absolute Gasteiger partial charge is 0.328 e. The lowest BCUT2D eigenvalue weighted by Crippen LogP contribution is -2.03. The summed E-state index contributed by atoms with van der Waals surface area (Å²) in [5.41, 5.74) is 1.06. The van der Waals surface area contributed by atoms with E-state index in [0.717, 1.165) is 11.9 Å². The van der Waals surface area contributed by atoms with E-state index in [9.17, 15) is 9.18 Å². The Kier molecular flexibility index (Phi) is 3.75. The van der Waals surface area contributed by atoms with Crippen molar-refractivity contribution in [1.82, 2.24) is 9.55 Å². The van der Waals surface area contributed by atoms with Crippen LogP contribution in [0.5, 0.6) is 0 Å². The fraction of sp³-hybridized carbons (Fsp3) is 0.143. The number of aliphatic carboxylic acids is 1. The molecule has 1 aromatic heterocycles. The first-order valence-corrected chi connectivity index (χ1v) is 5.73. The molecule has 0 fully saturated rings. The van der Waals surface area contributed by atoms with Crippen molar-refractivity contribution in [2.24, 2.45) is 0 Å². The normalized spacial score (nSPS) is 11.1. The van der Waals surface area contributed by atoms with Crippen LogP contribution in [-0.4, -0.2) is 20.6 Å². The lowest BCUT2D eigenvalue weighted by atomic mass is 10.1. The Hall–Kier alpha value is -2.43. The topological polar surface area (TPSA) is 55.1 Å². The molecule has 0 atom stereocenters. The number of aryl methyl sites for hydroxylation is 1. The molecular weight excluding hydrogens is 247 g/mol. The van der Waals surface area contributed by atoms with Gasteiger partial charge in [-0.05, 0) is 24.6 Å². The standard InChI is InChI=1S/C14H13FN2O2/c1-10-16-6-7-17(10)9-12-4-2-11(8-13(12)15)3-5-14(18)19/h2-8H,9H2,1H3,(H,18,19). The maximum atomic E-state index is 13.9. The molecule has 0 spiro atoms. The van der Waals surface area contributed by atoms with E-state index in [2.05, 4.69) is 4.98 Å². The fourth-order valence-electron chi connectivity index (χ4n) is 1.72. The van der Waals surface area contributed by atoms with Crippen molar-refractivity contribution >= 4 is 12.0 Å². The molecule has 2 rings (SSSR count). The molecule has 0 aliphatic heterocycles. The van der Waals surface area contributed by atoms with E-state index in [-0.39, 0.29) is 5.82 Å². The van der Waals surface area contributed by atoms with Crippen molar-refractivity contribution in [2.45, 2.75) is 13.5 Å². The van der Waals surface area contributed by atoms with Gasteiger partial charge in [-0.25, -0.2) is 14.2 Å². The number of benzene rings is 1. The van der Waals surface area contributed by atoms with Gasteiger partial charge in [-0.2, -0.15) is 0 Å². The molecule has 2 aromatic rings. The van der Waals surface area contributed by atoms with Crippen LogP contribution in [-0.2, 0) is 11.3 Å². The molecule has 5 heteroatoms. The van der Waals surface area contributed by atoms with Crippen LogP contribution in [0.25, 0.3) is 6.08 Å². The number of carboxylic acid groups (broad SMARTS) is 1. The summed E-state index contributed by atoms with van der Waals surface area (Å²) >= 11 is 0. The fourth-order valence-corrected chi connectivity index (χ4v) is 1.72. The number of carbonyl (C=O) groups is 1. The van der Waals surface area contributed by atoms with Crippen molar-refractivity contribution in [3.8, 4) is 0 Å². The molecule has 0 bridgehead atoms. The predicted molar refractivity (Wildman–Crippen MR) is 69.1 cm³/mol. The van der Waals surface area contributed by atoms with Crippen LogP contribution in [0.1, 0.15) is 17.0 Å². The average Bonchev–Trinajstić information content (AvgIpc) is 2.75. The maximum absolute atomic E-state index is 13.9. The minimum Gasteiger partial charge on any atom is -0.478 e. The van der Waals surface area contributed by atoms with Gasteiger partial charge in [0.25, 0.3) is 0 Å². The molecule has 98 valence electrons. The predicted octanol–water partition coefficient (Wildman–Crippen LogP) is 2.48. The lowest BCUT2D eigenvalue weighted by Gasteiger charge is -2.07. The van der Waals surface area contributed by atoms with Crippen LogP contribution in [0, 0.1) is 12.7 Å². The zero-order valence-electron chi connectivity index (χ0n) is 10.4. The van der Waals surface area contributed by atoms with Gasteiger partial charge >= 0.3 is 5.97 Å². The van der Waals surface area contributed by atoms with Gasteiger partial charge in [0.15, 0.2) is 0 Å². The number of carboxylic acids is 1. The van der Waals surface area contributed by atoms with E-state index in [1.807, 2.05) is 11.5 Å². The molecule has 0 radical (unpaired) electrons. The third-order valence-corrected chi connectivity index (χ3v) is 2.76. The van der Waals surface area contributed by atoms with Gasteiger partial charge in [0.05, 0.1) is 6.54 Å². The first-order valence-electron chi connectivity index (χ1n) is 5.73. The summed E-state index contributed by atoms with van der Waals surface area (Å²) in [7, 11) is 0. The van der Waals surface area contributed by atoms with E-state index >= 15 is 0 Å². The molecule has 1 heterocycles. The van der Waals surface area contributed by atoms with E-state index in [4.69, 9.17) is 5.11 Å².